The summed E-state index contributed by atoms with van der Waals surface area (Å²) in [7, 11) is 0. The van der Waals surface area contributed by atoms with Gasteiger partial charge in [-0.1, -0.05) is 152 Å². The van der Waals surface area contributed by atoms with Gasteiger partial charge in [-0.05, 0) is 123 Å². The van der Waals surface area contributed by atoms with Crippen LogP contribution in [0.25, 0.3) is 75.5 Å². The Morgan fingerprint density at radius 2 is 0.809 bits per heavy atom. The maximum Gasteiger partial charge on any atom is 0.159 e. The number of hydrogen-bond acceptors (Lipinski definition) is 5. The van der Waals surface area contributed by atoms with E-state index in [-0.39, 0.29) is 0 Å². The van der Waals surface area contributed by atoms with Crippen LogP contribution >= 0.6 is 11.3 Å². The minimum atomic E-state index is -0.649. The number of benzene rings is 10. The first-order valence-electron chi connectivity index (χ1n) is 23.2. The van der Waals surface area contributed by atoms with E-state index in [0.717, 1.165) is 78.0 Å². The average molecular weight is 887 g/mol. The summed E-state index contributed by atoms with van der Waals surface area (Å²) >= 11 is 1.91. The molecule has 0 radical (unpaired) electrons. The van der Waals surface area contributed by atoms with Crippen LogP contribution in [0.15, 0.2) is 239 Å². The largest absolute Gasteiger partial charge is 0.454 e. The summed E-state index contributed by atoms with van der Waals surface area (Å²) in [6, 6.07) is 83.6. The third kappa shape index (κ3) is 5.08. The molecule has 13 aromatic rings. The second kappa shape index (κ2) is 14.2. The van der Waals surface area contributed by atoms with E-state index >= 15 is 0 Å². The van der Waals surface area contributed by atoms with E-state index in [4.69, 9.17) is 8.83 Å². The lowest BCUT2D eigenvalue weighted by molar-refractivity contribution is 0.668. The van der Waals surface area contributed by atoms with Gasteiger partial charge >= 0.3 is 0 Å². The third-order valence-corrected chi connectivity index (χ3v) is 15.6. The van der Waals surface area contributed by atoms with Gasteiger partial charge in [0.05, 0.1) is 16.8 Å². The number of nitrogens with zero attached hydrogens (tertiary/aromatic N) is 2. The van der Waals surface area contributed by atoms with Gasteiger partial charge < -0.3 is 18.6 Å². The molecule has 5 heteroatoms. The van der Waals surface area contributed by atoms with E-state index in [2.05, 4.69) is 228 Å². The van der Waals surface area contributed by atoms with E-state index in [0.29, 0.717) is 0 Å². The topological polar surface area (TPSA) is 32.8 Å². The maximum absolute atomic E-state index is 6.78. The molecule has 0 bridgehead atoms. The molecule has 3 aromatic heterocycles. The molecule has 1 atom stereocenters. The third-order valence-electron chi connectivity index (χ3n) is 14.4. The smallest absolute Gasteiger partial charge is 0.159 e. The van der Waals surface area contributed by atoms with Crippen LogP contribution in [0.2, 0.25) is 0 Å². The number of hydrogen-bond donors (Lipinski definition) is 0. The zero-order valence-electron chi connectivity index (χ0n) is 36.6. The van der Waals surface area contributed by atoms with E-state index < -0.39 is 5.41 Å². The molecule has 1 spiro atoms. The molecule has 0 N–H and O–H groups in total. The van der Waals surface area contributed by atoms with Gasteiger partial charge in [0.2, 0.25) is 0 Å². The van der Waals surface area contributed by atoms with Gasteiger partial charge in [-0.2, -0.15) is 0 Å². The lowest BCUT2D eigenvalue weighted by atomic mass is 9.70. The van der Waals surface area contributed by atoms with E-state index in [1.807, 2.05) is 23.5 Å². The number of thiophene rings is 1. The maximum atomic E-state index is 6.78. The minimum absolute atomic E-state index is 0.649. The van der Waals surface area contributed by atoms with Crippen molar-refractivity contribution in [2.75, 3.05) is 9.80 Å². The zero-order valence-corrected chi connectivity index (χ0v) is 37.4. The molecule has 1 unspecified atom stereocenters. The standard InChI is InChI=1S/C63H38N2O2S/c1-3-17-39(18-4-1)64(54-28-15-25-47-45-22-8-12-30-56(45)66-60(47)54)41-33-35-44-43-21-7-11-27-51(43)63(52(44)37-41)53-38-42(34-36-49(53)62-59(63)50-24-10-14-32-58(50)68-62)65(40-19-5-2-6-20-40)55-29-16-26-48-46-23-9-13-31-57(46)67-61(48)55/h1-38H. The molecule has 0 aliphatic heterocycles. The molecular formula is C63H38N2O2S. The Bertz CT molecular complexity index is 4180. The molecule has 68 heavy (non-hydrogen) atoms. The molecular weight excluding hydrogens is 849 g/mol. The Morgan fingerprint density at radius 3 is 1.43 bits per heavy atom. The number of anilines is 6. The number of para-hydroxylation sites is 6. The van der Waals surface area contributed by atoms with Gasteiger partial charge in [0.25, 0.3) is 0 Å². The molecule has 0 saturated carbocycles. The number of fused-ring (bicyclic) bond motifs is 18. The van der Waals surface area contributed by atoms with Crippen molar-refractivity contribution in [3.63, 3.8) is 0 Å². The zero-order chi connectivity index (χ0) is 44.5. The molecule has 15 rings (SSSR count). The highest BCUT2D eigenvalue weighted by Crippen LogP contribution is 2.67. The van der Waals surface area contributed by atoms with Gasteiger partial charge in [0, 0.05) is 53.9 Å². The van der Waals surface area contributed by atoms with Crippen LogP contribution in [0.4, 0.5) is 34.1 Å². The van der Waals surface area contributed by atoms with Gasteiger partial charge in [-0.3, -0.25) is 0 Å². The molecule has 0 amide bonds. The van der Waals surface area contributed by atoms with Crippen LogP contribution < -0.4 is 9.80 Å². The molecule has 4 nitrogen and oxygen atoms in total. The summed E-state index contributed by atoms with van der Waals surface area (Å²) in [6.07, 6.45) is 0. The summed E-state index contributed by atoms with van der Waals surface area (Å²) in [6.45, 7) is 0. The molecule has 2 aliphatic rings. The van der Waals surface area contributed by atoms with Crippen molar-refractivity contribution in [3.8, 4) is 21.6 Å². The van der Waals surface area contributed by atoms with Crippen molar-refractivity contribution < 1.29 is 8.83 Å². The number of rotatable bonds is 6. The fourth-order valence-electron chi connectivity index (χ4n) is 11.7. The van der Waals surface area contributed by atoms with Crippen LogP contribution in [0, 0.1) is 0 Å². The van der Waals surface area contributed by atoms with Crippen LogP contribution in [0.1, 0.15) is 22.3 Å². The van der Waals surface area contributed by atoms with Crippen molar-refractivity contribution in [1.29, 1.82) is 0 Å². The van der Waals surface area contributed by atoms with Crippen molar-refractivity contribution in [2.45, 2.75) is 5.41 Å². The fourth-order valence-corrected chi connectivity index (χ4v) is 13.0. The highest BCUT2D eigenvalue weighted by molar-refractivity contribution is 7.22. The van der Waals surface area contributed by atoms with E-state index in [9.17, 15) is 0 Å². The van der Waals surface area contributed by atoms with Gasteiger partial charge in [-0.25, -0.2) is 0 Å². The Morgan fingerprint density at radius 1 is 0.338 bits per heavy atom. The highest BCUT2D eigenvalue weighted by Gasteiger charge is 2.54. The van der Waals surface area contributed by atoms with Crippen LogP contribution in [0.3, 0.4) is 0 Å². The summed E-state index contributed by atoms with van der Waals surface area (Å²) < 4.78 is 14.8. The predicted octanol–water partition coefficient (Wildman–Crippen LogP) is 18.0. The average Bonchev–Trinajstić information content (AvgIpc) is 4.20. The molecule has 10 aromatic carbocycles. The van der Waals surface area contributed by atoms with Crippen molar-refractivity contribution >= 4 is 99.4 Å². The second-order valence-corrected chi connectivity index (χ2v) is 19.0. The summed E-state index contributed by atoms with van der Waals surface area (Å²) in [5, 5.41) is 5.70. The summed E-state index contributed by atoms with van der Waals surface area (Å²) in [5.74, 6) is 0. The van der Waals surface area contributed by atoms with Crippen LogP contribution in [0.5, 0.6) is 0 Å². The van der Waals surface area contributed by atoms with Crippen molar-refractivity contribution in [3.05, 3.63) is 253 Å². The van der Waals surface area contributed by atoms with Crippen LogP contribution in [-0.4, -0.2) is 0 Å². The highest BCUT2D eigenvalue weighted by atomic mass is 32.1. The quantitative estimate of drug-likeness (QED) is 0.167. The summed E-state index contributed by atoms with van der Waals surface area (Å²) in [5.41, 5.74) is 18.0. The lowest BCUT2D eigenvalue weighted by Crippen LogP contribution is -2.26. The molecule has 3 heterocycles. The fraction of sp³-hybridized carbons (Fsp3) is 0.0159. The van der Waals surface area contributed by atoms with Gasteiger partial charge in [0.1, 0.15) is 11.2 Å². The Hall–Kier alpha value is -8.64. The Balaban J connectivity index is 1.02. The second-order valence-electron chi connectivity index (χ2n) is 17.9. The normalized spacial score (nSPS) is 14.5. The van der Waals surface area contributed by atoms with E-state index in [1.165, 1.54) is 53.9 Å². The first-order chi connectivity index (χ1) is 33.7. The first kappa shape index (κ1) is 37.6. The molecule has 2 aliphatic carbocycles. The lowest BCUT2D eigenvalue weighted by Gasteiger charge is -2.33. The molecule has 318 valence electrons. The van der Waals surface area contributed by atoms with Crippen molar-refractivity contribution in [2.24, 2.45) is 0 Å². The van der Waals surface area contributed by atoms with Crippen LogP contribution in [-0.2, 0) is 5.41 Å². The monoisotopic (exact) mass is 886 g/mol. The summed E-state index contributed by atoms with van der Waals surface area (Å²) in [4.78, 5) is 6.08. The SMILES string of the molecule is c1ccc(N(c2ccc3c(c2)C2(c4ccccc4-3)c3cc(N(c4ccccc4)c4cccc5c4oc4ccccc45)ccc3-c3sc4ccccc4c32)c2cccc3c2oc2ccccc23)cc1. The predicted molar refractivity (Wildman–Crippen MR) is 282 cm³/mol. The van der Waals surface area contributed by atoms with Crippen molar-refractivity contribution in [1.82, 2.24) is 0 Å². The van der Waals surface area contributed by atoms with E-state index in [1.54, 1.807) is 0 Å². The first-order valence-corrected chi connectivity index (χ1v) is 24.0. The molecule has 0 saturated heterocycles. The Kier molecular flexibility index (Phi) is 7.83. The Labute approximate surface area is 395 Å². The number of furan rings is 2. The minimum Gasteiger partial charge on any atom is -0.454 e. The molecule has 0 fully saturated rings. The van der Waals surface area contributed by atoms with Gasteiger partial charge in [-0.15, -0.1) is 11.3 Å². The van der Waals surface area contributed by atoms with Gasteiger partial charge in [0.15, 0.2) is 11.2 Å².